The van der Waals surface area contributed by atoms with Crippen LogP contribution in [0.5, 0.6) is 0 Å². The van der Waals surface area contributed by atoms with Crippen molar-refractivity contribution in [3.63, 3.8) is 0 Å². The van der Waals surface area contributed by atoms with Gasteiger partial charge < -0.3 is 10.6 Å². The van der Waals surface area contributed by atoms with Crippen molar-refractivity contribution in [1.82, 2.24) is 4.72 Å². The molecule has 11 heavy (non-hydrogen) atoms. The highest BCUT2D eigenvalue weighted by atomic mass is 32.2. The first-order valence-corrected chi connectivity index (χ1v) is 3.69. The van der Waals surface area contributed by atoms with Gasteiger partial charge in [0.15, 0.2) is 0 Å². The summed E-state index contributed by atoms with van der Waals surface area (Å²) in [5.74, 6) is -1.34. The van der Waals surface area contributed by atoms with Gasteiger partial charge in [-0.25, -0.2) is 0 Å². The third-order valence-corrected chi connectivity index (χ3v) is 1.33. The molecule has 0 fully saturated rings. The highest BCUT2D eigenvalue weighted by Crippen LogP contribution is 1.83. The van der Waals surface area contributed by atoms with Crippen LogP contribution in [0.2, 0.25) is 0 Å². The summed E-state index contributed by atoms with van der Waals surface area (Å²) in [6.07, 6.45) is 0. The van der Waals surface area contributed by atoms with Gasteiger partial charge in [-0.2, -0.15) is 13.1 Å². The summed E-state index contributed by atoms with van der Waals surface area (Å²) in [6, 6.07) is -1.30. The molecule has 0 aromatic heterocycles. The van der Waals surface area contributed by atoms with Gasteiger partial charge in [0, 0.05) is 0 Å². The summed E-state index contributed by atoms with van der Waals surface area (Å²) < 4.78 is 31.4. The summed E-state index contributed by atoms with van der Waals surface area (Å²) >= 11 is 0. The molecule has 7 nitrogen and oxygen atoms in total. The first kappa shape index (κ1) is 10.3. The molecule has 0 aliphatic carbocycles. The quantitative estimate of drug-likeness (QED) is 0.439. The lowest BCUT2D eigenvalue weighted by Crippen LogP contribution is -2.37. The number of aliphatic carboxylic acids is 1. The number of hydrogen-bond donors (Lipinski definition) is 3. The van der Waals surface area contributed by atoms with E-state index in [4.69, 9.17) is 6.54 Å². The van der Waals surface area contributed by atoms with Crippen molar-refractivity contribution < 1.29 is 28.4 Å². The highest BCUT2D eigenvalue weighted by Gasteiger charge is 2.15. The van der Waals surface area contributed by atoms with Gasteiger partial charge in [-0.3, -0.25) is 9.35 Å². The van der Waals surface area contributed by atoms with Crippen molar-refractivity contribution in [2.75, 3.05) is 0 Å². The zero-order valence-electron chi connectivity index (χ0n) is 6.57. The molecule has 68 valence electrons. The zero-order valence-corrected chi connectivity index (χ0v) is 6.38. The normalized spacial score (nSPS) is 14.5. The van der Waals surface area contributed by atoms with Gasteiger partial charge in [0.2, 0.25) is 1.43 Å². The topological polar surface area (TPSA) is 135 Å². The molecule has 0 aromatic carbocycles. The Morgan fingerprint density at radius 2 is 2.18 bits per heavy atom. The maximum Gasteiger partial charge on any atom is 0.334 e. The predicted octanol–water partition coefficient (Wildman–Crippen LogP) is -1.97. The molecule has 0 aliphatic heterocycles. The van der Waals surface area contributed by atoms with Crippen LogP contribution in [0.1, 0.15) is 6.92 Å². The molecular weight excluding hydrogens is 178 g/mol. The fourth-order valence-electron chi connectivity index (χ4n) is 0.267. The van der Waals surface area contributed by atoms with Gasteiger partial charge in [0.05, 0.1) is 0 Å². The van der Waals surface area contributed by atoms with E-state index in [1.54, 1.807) is 4.72 Å². The van der Waals surface area contributed by atoms with Crippen LogP contribution in [-0.2, 0) is 15.1 Å². The molecule has 1 atom stereocenters. The number of hydrogen-bond acceptors (Lipinski definition) is 4. The molecule has 0 rings (SSSR count). The third kappa shape index (κ3) is 7.19. The second kappa shape index (κ2) is 4.23. The maximum atomic E-state index is 10.3. The van der Waals surface area contributed by atoms with Crippen LogP contribution in [0.25, 0.3) is 1.43 Å². The van der Waals surface area contributed by atoms with Crippen molar-refractivity contribution in [3.05, 3.63) is 0 Å². The van der Waals surface area contributed by atoms with Crippen molar-refractivity contribution >= 4 is 16.3 Å². The van der Waals surface area contributed by atoms with E-state index in [-0.39, 0.29) is 5.48 Å². The minimum Gasteiger partial charge on any atom is -0.480 e. The van der Waals surface area contributed by atoms with E-state index < -0.39 is 22.3 Å². The molecule has 5 N–H and O–H groups in total. The molecule has 0 bridgehead atoms. The fraction of sp³-hybridized carbons (Fsp3) is 0.667. The molecule has 0 saturated carbocycles. The first-order valence-electron chi connectivity index (χ1n) is 2.69. The summed E-state index contributed by atoms with van der Waals surface area (Å²) in [5.41, 5.74) is 0. The lowest BCUT2D eigenvalue weighted by molar-refractivity contribution is -0.138. The molecular formula is C3H9NO6S. The Balaban J connectivity index is 0. The molecule has 0 aromatic rings. The predicted molar refractivity (Wildman–Crippen MR) is 35.4 cm³/mol. The standard InChI is InChI=1S/C3H7NO5S.H2O/c1-2(3(5)6)4-10(7,8)9;/h2,4H,1H3,(H,5,6)(H,7,8,9);1H2/t2-;/m0./s1/i/hD. The molecule has 0 saturated heterocycles. The Labute approximate surface area is 64.7 Å². The Kier molecular flexibility index (Phi) is 3.97. The first-order chi connectivity index (χ1) is 4.89. The minimum absolute atomic E-state index is 0. The van der Waals surface area contributed by atoms with Crippen molar-refractivity contribution in [1.29, 1.82) is 1.43 Å². The summed E-state index contributed by atoms with van der Waals surface area (Å²) in [7, 11) is -4.23. The van der Waals surface area contributed by atoms with E-state index in [1.165, 1.54) is 0 Å². The van der Waals surface area contributed by atoms with Crippen LogP contribution in [-0.4, -0.2) is 35.6 Å². The lowest BCUT2D eigenvalue weighted by atomic mass is 10.4. The van der Waals surface area contributed by atoms with Crippen LogP contribution >= 0.6 is 0 Å². The van der Waals surface area contributed by atoms with Crippen molar-refractivity contribution in [2.24, 2.45) is 0 Å². The lowest BCUT2D eigenvalue weighted by Gasteiger charge is -2.03. The van der Waals surface area contributed by atoms with Crippen LogP contribution in [0.3, 0.4) is 0 Å². The Bertz CT molecular complexity index is 237. The van der Waals surface area contributed by atoms with Crippen LogP contribution < -0.4 is 4.72 Å². The number of rotatable bonds is 4. The summed E-state index contributed by atoms with van der Waals surface area (Å²) in [4.78, 5) is 10.0. The van der Waals surface area contributed by atoms with Crippen LogP contribution in [0.15, 0.2) is 0 Å². The van der Waals surface area contributed by atoms with E-state index in [1.807, 2.05) is 0 Å². The van der Waals surface area contributed by atoms with E-state index in [0.717, 1.165) is 6.92 Å². The Hall–Kier alpha value is -0.700. The van der Waals surface area contributed by atoms with Crippen molar-refractivity contribution in [2.45, 2.75) is 13.0 Å². The second-order valence-electron chi connectivity index (χ2n) is 1.63. The maximum absolute atomic E-state index is 10.3. The molecule has 0 amide bonds. The summed E-state index contributed by atoms with van der Waals surface area (Å²) in [6.45, 7) is 1.11. The van der Waals surface area contributed by atoms with E-state index in [0.29, 0.717) is 0 Å². The number of carboxylic acid groups (broad SMARTS) is 1. The highest BCUT2D eigenvalue weighted by molar-refractivity contribution is 7.83. The molecule has 0 heterocycles. The SMILES string of the molecule is O.[2H]OS(=O)(=O)N[C@@H](C)C(=O)O. The largest absolute Gasteiger partial charge is 0.480 e. The fourth-order valence-corrected chi connectivity index (χ4v) is 0.801. The van der Waals surface area contributed by atoms with Gasteiger partial charge in [-0.1, -0.05) is 0 Å². The number of nitrogens with one attached hydrogen (secondary N) is 1. The molecule has 0 spiro atoms. The van der Waals surface area contributed by atoms with E-state index in [2.05, 4.69) is 4.56 Å². The minimum atomic E-state index is -4.23. The van der Waals surface area contributed by atoms with E-state index >= 15 is 0 Å². The second-order valence-corrected chi connectivity index (χ2v) is 2.78. The molecule has 0 unspecified atom stereocenters. The van der Waals surface area contributed by atoms with Gasteiger partial charge in [0.1, 0.15) is 6.04 Å². The molecule has 8 heteroatoms. The zero-order chi connectivity index (χ0) is 9.07. The van der Waals surface area contributed by atoms with Gasteiger partial charge >= 0.3 is 16.3 Å². The monoisotopic (exact) mass is 188 g/mol. The van der Waals surface area contributed by atoms with Crippen molar-refractivity contribution in [3.8, 4) is 0 Å². The smallest absolute Gasteiger partial charge is 0.334 e. The average molecular weight is 188 g/mol. The summed E-state index contributed by atoms with van der Waals surface area (Å²) in [5, 5.41) is 8.20. The third-order valence-electron chi connectivity index (χ3n) is 0.692. The molecule has 0 radical (unpaired) electrons. The van der Waals surface area contributed by atoms with Gasteiger partial charge in [-0.15, -0.1) is 0 Å². The number of carboxylic acids is 1. The van der Waals surface area contributed by atoms with E-state index in [9.17, 15) is 13.2 Å². The van der Waals surface area contributed by atoms with Crippen LogP contribution in [0, 0.1) is 0 Å². The average Bonchev–Trinajstić information content (AvgIpc) is 1.87. The number of carbonyl (C=O) groups is 1. The Morgan fingerprint density at radius 3 is 2.45 bits per heavy atom. The van der Waals surface area contributed by atoms with Gasteiger partial charge in [-0.05, 0) is 6.92 Å². The van der Waals surface area contributed by atoms with Gasteiger partial charge in [0.25, 0.3) is 0 Å². The Morgan fingerprint density at radius 1 is 1.73 bits per heavy atom. The molecule has 0 aliphatic rings. The van der Waals surface area contributed by atoms with Crippen LogP contribution in [0.4, 0.5) is 0 Å².